The molecule has 0 atom stereocenters. The van der Waals surface area contributed by atoms with Crippen molar-refractivity contribution in [3.05, 3.63) is 51.9 Å². The summed E-state index contributed by atoms with van der Waals surface area (Å²) in [4.78, 5) is 4.12. The molecule has 0 amide bonds. The highest BCUT2D eigenvalue weighted by Gasteiger charge is 2.14. The first-order valence-corrected chi connectivity index (χ1v) is 5.42. The van der Waals surface area contributed by atoms with E-state index in [1.165, 1.54) is 6.07 Å². The third-order valence-corrected chi connectivity index (χ3v) is 2.81. The molecule has 0 aliphatic carbocycles. The van der Waals surface area contributed by atoms with Crippen LogP contribution in [0, 0.1) is 12.7 Å². The standard InChI is InChI=1S/C12H8Cl2FN/c1-7-5-6-10(15)12(16-7)11-8(13)3-2-4-9(11)14/h2-6H,1H3. The minimum Gasteiger partial charge on any atom is -0.250 e. The van der Waals surface area contributed by atoms with Gasteiger partial charge in [-0.3, -0.25) is 0 Å². The van der Waals surface area contributed by atoms with Crippen molar-refractivity contribution in [1.29, 1.82) is 0 Å². The first-order valence-electron chi connectivity index (χ1n) is 4.67. The van der Waals surface area contributed by atoms with Gasteiger partial charge in [0, 0.05) is 11.3 Å². The summed E-state index contributed by atoms with van der Waals surface area (Å²) >= 11 is 12.0. The number of nitrogens with zero attached hydrogens (tertiary/aromatic N) is 1. The van der Waals surface area contributed by atoms with E-state index in [9.17, 15) is 4.39 Å². The number of pyridine rings is 1. The minimum atomic E-state index is -0.430. The highest BCUT2D eigenvalue weighted by Crippen LogP contribution is 2.34. The Balaban J connectivity index is 2.72. The molecule has 1 aromatic carbocycles. The van der Waals surface area contributed by atoms with Crippen molar-refractivity contribution in [2.24, 2.45) is 0 Å². The molecule has 0 radical (unpaired) electrons. The van der Waals surface area contributed by atoms with Crippen molar-refractivity contribution in [3.8, 4) is 11.3 Å². The lowest BCUT2D eigenvalue weighted by molar-refractivity contribution is 0.624. The second-order valence-electron chi connectivity index (χ2n) is 3.38. The summed E-state index contributed by atoms with van der Waals surface area (Å²) < 4.78 is 13.6. The minimum absolute atomic E-state index is 0.190. The van der Waals surface area contributed by atoms with Crippen molar-refractivity contribution in [2.75, 3.05) is 0 Å². The number of rotatable bonds is 1. The molecule has 4 heteroatoms. The van der Waals surface area contributed by atoms with Gasteiger partial charge in [-0.1, -0.05) is 29.3 Å². The summed E-state index contributed by atoms with van der Waals surface area (Å²) in [5.74, 6) is -0.430. The van der Waals surface area contributed by atoms with Gasteiger partial charge in [0.25, 0.3) is 0 Å². The normalized spacial score (nSPS) is 10.5. The van der Waals surface area contributed by atoms with E-state index < -0.39 is 5.82 Å². The molecule has 0 aliphatic rings. The number of hydrogen-bond donors (Lipinski definition) is 0. The Labute approximate surface area is 103 Å². The average molecular weight is 256 g/mol. The Kier molecular flexibility index (Phi) is 3.13. The monoisotopic (exact) mass is 255 g/mol. The highest BCUT2D eigenvalue weighted by molar-refractivity contribution is 6.39. The van der Waals surface area contributed by atoms with Crippen LogP contribution < -0.4 is 0 Å². The Morgan fingerprint density at radius 2 is 1.69 bits per heavy atom. The zero-order valence-electron chi connectivity index (χ0n) is 8.47. The molecule has 0 saturated heterocycles. The molecule has 0 spiro atoms. The fourth-order valence-electron chi connectivity index (χ4n) is 1.44. The zero-order chi connectivity index (χ0) is 11.7. The molecule has 2 rings (SSSR count). The lowest BCUT2D eigenvalue weighted by Crippen LogP contribution is -1.93. The van der Waals surface area contributed by atoms with E-state index in [0.29, 0.717) is 21.3 Å². The molecule has 2 aromatic rings. The van der Waals surface area contributed by atoms with Gasteiger partial charge in [0.05, 0.1) is 10.0 Å². The molecule has 0 unspecified atom stereocenters. The predicted molar refractivity (Wildman–Crippen MR) is 64.4 cm³/mol. The maximum atomic E-state index is 13.6. The van der Waals surface area contributed by atoms with E-state index >= 15 is 0 Å². The third-order valence-electron chi connectivity index (χ3n) is 2.18. The summed E-state index contributed by atoms with van der Waals surface area (Å²) in [6.45, 7) is 1.79. The van der Waals surface area contributed by atoms with Gasteiger partial charge in [0.2, 0.25) is 0 Å². The van der Waals surface area contributed by atoms with Crippen molar-refractivity contribution in [3.63, 3.8) is 0 Å². The van der Waals surface area contributed by atoms with Crippen LogP contribution in [-0.2, 0) is 0 Å². The summed E-state index contributed by atoms with van der Waals surface area (Å²) in [5.41, 5.74) is 1.34. The smallest absolute Gasteiger partial charge is 0.149 e. The average Bonchev–Trinajstić information content (AvgIpc) is 2.23. The van der Waals surface area contributed by atoms with Crippen molar-refractivity contribution in [1.82, 2.24) is 4.98 Å². The van der Waals surface area contributed by atoms with Gasteiger partial charge >= 0.3 is 0 Å². The second-order valence-corrected chi connectivity index (χ2v) is 4.19. The van der Waals surface area contributed by atoms with E-state index in [2.05, 4.69) is 4.98 Å². The van der Waals surface area contributed by atoms with E-state index in [4.69, 9.17) is 23.2 Å². The topological polar surface area (TPSA) is 12.9 Å². The van der Waals surface area contributed by atoms with Gasteiger partial charge in [-0.05, 0) is 31.2 Å². The fourth-order valence-corrected chi connectivity index (χ4v) is 2.02. The van der Waals surface area contributed by atoms with Crippen LogP contribution in [0.3, 0.4) is 0 Å². The van der Waals surface area contributed by atoms with Crippen LogP contribution >= 0.6 is 23.2 Å². The largest absolute Gasteiger partial charge is 0.250 e. The quantitative estimate of drug-likeness (QED) is 0.731. The van der Waals surface area contributed by atoms with E-state index in [1.807, 2.05) is 0 Å². The third kappa shape index (κ3) is 2.04. The molecular formula is C12H8Cl2FN. The summed E-state index contributed by atoms with van der Waals surface area (Å²) in [7, 11) is 0. The van der Waals surface area contributed by atoms with E-state index in [0.717, 1.165) is 0 Å². The Morgan fingerprint density at radius 1 is 1.06 bits per heavy atom. The fraction of sp³-hybridized carbons (Fsp3) is 0.0833. The van der Waals surface area contributed by atoms with Gasteiger partial charge in [-0.25, -0.2) is 9.37 Å². The zero-order valence-corrected chi connectivity index (χ0v) is 9.98. The molecule has 16 heavy (non-hydrogen) atoms. The summed E-state index contributed by atoms with van der Waals surface area (Å²) in [5, 5.41) is 0.786. The van der Waals surface area contributed by atoms with Crippen molar-refractivity contribution >= 4 is 23.2 Å². The van der Waals surface area contributed by atoms with Crippen LogP contribution in [0.2, 0.25) is 10.0 Å². The second kappa shape index (κ2) is 4.40. The molecule has 1 nitrogen and oxygen atoms in total. The lowest BCUT2D eigenvalue weighted by Gasteiger charge is -2.07. The molecule has 1 heterocycles. The molecule has 0 fully saturated rings. The molecule has 0 bridgehead atoms. The maximum absolute atomic E-state index is 13.6. The Hall–Kier alpha value is -1.12. The summed E-state index contributed by atoms with van der Waals surface area (Å²) in [6, 6.07) is 7.99. The van der Waals surface area contributed by atoms with Gasteiger partial charge in [0.15, 0.2) is 0 Å². The van der Waals surface area contributed by atoms with Crippen LogP contribution in [-0.4, -0.2) is 4.98 Å². The Morgan fingerprint density at radius 3 is 2.31 bits per heavy atom. The SMILES string of the molecule is Cc1ccc(F)c(-c2c(Cl)cccc2Cl)n1. The number of aryl methyl sites for hydroxylation is 1. The molecule has 82 valence electrons. The van der Waals surface area contributed by atoms with Crippen LogP contribution in [0.15, 0.2) is 30.3 Å². The molecule has 0 saturated carbocycles. The summed E-state index contributed by atoms with van der Waals surface area (Å²) in [6.07, 6.45) is 0. The van der Waals surface area contributed by atoms with Crippen LogP contribution in [0.5, 0.6) is 0 Å². The first-order chi connectivity index (χ1) is 7.59. The van der Waals surface area contributed by atoms with Crippen molar-refractivity contribution in [2.45, 2.75) is 6.92 Å². The van der Waals surface area contributed by atoms with E-state index in [-0.39, 0.29) is 5.69 Å². The van der Waals surface area contributed by atoms with Gasteiger partial charge < -0.3 is 0 Å². The molecule has 1 aromatic heterocycles. The van der Waals surface area contributed by atoms with Gasteiger partial charge in [0.1, 0.15) is 11.5 Å². The van der Waals surface area contributed by atoms with Gasteiger partial charge in [-0.15, -0.1) is 0 Å². The Bertz CT molecular complexity index is 520. The number of hydrogen-bond acceptors (Lipinski definition) is 1. The first kappa shape index (κ1) is 11.4. The van der Waals surface area contributed by atoms with Crippen molar-refractivity contribution < 1.29 is 4.39 Å². The van der Waals surface area contributed by atoms with Crippen LogP contribution in [0.1, 0.15) is 5.69 Å². The van der Waals surface area contributed by atoms with Crippen LogP contribution in [0.25, 0.3) is 11.3 Å². The number of halogens is 3. The van der Waals surface area contributed by atoms with Gasteiger partial charge in [-0.2, -0.15) is 0 Å². The molecule has 0 aliphatic heterocycles. The number of benzene rings is 1. The van der Waals surface area contributed by atoms with E-state index in [1.54, 1.807) is 31.2 Å². The number of aromatic nitrogens is 1. The molecule has 0 N–H and O–H groups in total. The lowest BCUT2D eigenvalue weighted by atomic mass is 10.1. The molecular weight excluding hydrogens is 248 g/mol. The highest BCUT2D eigenvalue weighted by atomic mass is 35.5. The van der Waals surface area contributed by atoms with Crippen LogP contribution in [0.4, 0.5) is 4.39 Å². The predicted octanol–water partition coefficient (Wildman–Crippen LogP) is 4.50. The maximum Gasteiger partial charge on any atom is 0.149 e.